The average Bonchev–Trinajstić information content (AvgIpc) is 3.31. The second-order valence-electron chi connectivity index (χ2n) is 7.54. The van der Waals surface area contributed by atoms with Gasteiger partial charge in [0.15, 0.2) is 5.82 Å². The summed E-state index contributed by atoms with van der Waals surface area (Å²) in [5.74, 6) is -5.19. The minimum Gasteiger partial charge on any atom is -0.361 e. The Balaban J connectivity index is 1.55. The molecule has 5 rings (SSSR count). The number of hydrogen-bond donors (Lipinski definition) is 2. The number of piperidine rings is 1. The predicted molar refractivity (Wildman–Crippen MR) is 90.6 cm³/mol. The molecular weight excluding hydrogens is 374 g/mol. The van der Waals surface area contributed by atoms with Crippen LogP contribution in [0.4, 0.5) is 14.5 Å². The molecule has 4 heterocycles. The Hall–Kier alpha value is -2.88. The topological polar surface area (TPSA) is 98.8 Å². The van der Waals surface area contributed by atoms with Crippen molar-refractivity contribution in [2.24, 2.45) is 0 Å². The number of rotatable bonds is 2. The number of amides is 4. The van der Waals surface area contributed by atoms with E-state index < -0.39 is 52.4 Å². The minimum absolute atomic E-state index is 0.0459. The number of fused-ring (bicyclic) bond motifs is 3. The van der Waals surface area contributed by atoms with Crippen molar-refractivity contribution in [3.63, 3.8) is 0 Å². The van der Waals surface area contributed by atoms with E-state index >= 15 is 4.39 Å². The summed E-state index contributed by atoms with van der Waals surface area (Å²) >= 11 is 0. The maximum atomic E-state index is 15.3. The lowest BCUT2D eigenvalue weighted by atomic mass is 10.0. The van der Waals surface area contributed by atoms with E-state index in [2.05, 4.69) is 10.6 Å². The molecule has 8 nitrogen and oxygen atoms in total. The molecule has 0 radical (unpaired) electrons. The van der Waals surface area contributed by atoms with Crippen LogP contribution in [0.5, 0.6) is 0 Å². The SMILES string of the molecule is O=C1CCC(N2C(=O)c3cc(F)c(N4CC5CC4CN5)c(F)c3C2=O)C(=O)N1. The maximum absolute atomic E-state index is 15.3. The van der Waals surface area contributed by atoms with Gasteiger partial charge in [-0.3, -0.25) is 29.4 Å². The summed E-state index contributed by atoms with van der Waals surface area (Å²) in [6, 6.07) is -0.290. The summed E-state index contributed by atoms with van der Waals surface area (Å²) < 4.78 is 30.0. The monoisotopic (exact) mass is 390 g/mol. The molecule has 4 amide bonds. The molecule has 4 aliphatic rings. The van der Waals surface area contributed by atoms with Gasteiger partial charge in [-0.05, 0) is 18.9 Å². The molecule has 1 aromatic carbocycles. The predicted octanol–water partition coefficient (Wildman–Crippen LogP) is -0.0835. The molecule has 2 N–H and O–H groups in total. The van der Waals surface area contributed by atoms with E-state index in [0.717, 1.165) is 12.5 Å². The maximum Gasteiger partial charge on any atom is 0.265 e. The summed E-state index contributed by atoms with van der Waals surface area (Å²) in [6.07, 6.45) is 0.662. The quantitative estimate of drug-likeness (QED) is 0.686. The van der Waals surface area contributed by atoms with Crippen molar-refractivity contribution in [3.8, 4) is 0 Å². The van der Waals surface area contributed by atoms with E-state index in [1.54, 1.807) is 4.90 Å². The Kier molecular flexibility index (Phi) is 3.57. The van der Waals surface area contributed by atoms with E-state index in [0.29, 0.717) is 18.0 Å². The van der Waals surface area contributed by atoms with Crippen LogP contribution in [-0.2, 0) is 9.59 Å². The van der Waals surface area contributed by atoms with Crippen molar-refractivity contribution in [2.75, 3.05) is 18.0 Å². The number of hydrogen-bond acceptors (Lipinski definition) is 6. The average molecular weight is 390 g/mol. The van der Waals surface area contributed by atoms with Gasteiger partial charge in [0.1, 0.15) is 17.5 Å². The van der Waals surface area contributed by atoms with Crippen LogP contribution in [0.2, 0.25) is 0 Å². The Morgan fingerprint density at radius 3 is 2.54 bits per heavy atom. The Bertz CT molecular complexity index is 965. The van der Waals surface area contributed by atoms with Crippen LogP contribution in [0, 0.1) is 11.6 Å². The third-order valence-electron chi connectivity index (χ3n) is 5.94. The Labute approximate surface area is 157 Å². The van der Waals surface area contributed by atoms with Gasteiger partial charge < -0.3 is 10.2 Å². The van der Waals surface area contributed by atoms with Crippen molar-refractivity contribution < 1.29 is 28.0 Å². The van der Waals surface area contributed by atoms with Gasteiger partial charge in [0.05, 0.1) is 11.1 Å². The molecular formula is C18H16F2N4O4. The molecule has 10 heteroatoms. The molecule has 3 unspecified atom stereocenters. The highest BCUT2D eigenvalue weighted by Gasteiger charge is 2.48. The number of nitrogens with zero attached hydrogens (tertiary/aromatic N) is 2. The lowest BCUT2D eigenvalue weighted by Crippen LogP contribution is -2.54. The lowest BCUT2D eigenvalue weighted by molar-refractivity contribution is -0.136. The molecule has 0 saturated carbocycles. The zero-order valence-corrected chi connectivity index (χ0v) is 14.6. The minimum atomic E-state index is -1.22. The van der Waals surface area contributed by atoms with E-state index in [1.807, 2.05) is 0 Å². The molecule has 2 bridgehead atoms. The van der Waals surface area contributed by atoms with Gasteiger partial charge in [-0.2, -0.15) is 0 Å². The second-order valence-corrected chi connectivity index (χ2v) is 7.54. The first-order valence-electron chi connectivity index (χ1n) is 9.10. The number of carbonyl (C=O) groups excluding carboxylic acids is 4. The summed E-state index contributed by atoms with van der Waals surface area (Å²) in [6.45, 7) is 1.01. The Morgan fingerprint density at radius 2 is 1.89 bits per heavy atom. The molecule has 4 aliphatic heterocycles. The first kappa shape index (κ1) is 17.2. The van der Waals surface area contributed by atoms with Gasteiger partial charge in [-0.1, -0.05) is 0 Å². The number of carbonyl (C=O) groups is 4. The van der Waals surface area contributed by atoms with Crippen LogP contribution in [-0.4, -0.2) is 59.7 Å². The fourth-order valence-corrected chi connectivity index (χ4v) is 4.64. The molecule has 0 spiro atoms. The van der Waals surface area contributed by atoms with Crippen LogP contribution in [0.3, 0.4) is 0 Å². The van der Waals surface area contributed by atoms with Gasteiger partial charge in [0, 0.05) is 31.6 Å². The highest BCUT2D eigenvalue weighted by molar-refractivity contribution is 6.24. The summed E-state index contributed by atoms with van der Waals surface area (Å²) in [5.41, 5.74) is -1.21. The fourth-order valence-electron chi connectivity index (χ4n) is 4.64. The van der Waals surface area contributed by atoms with Gasteiger partial charge in [0.25, 0.3) is 11.8 Å². The summed E-state index contributed by atoms with van der Waals surface area (Å²) in [7, 11) is 0. The number of halogens is 2. The molecule has 3 saturated heterocycles. The molecule has 1 aromatic rings. The molecule has 0 aromatic heterocycles. The fraction of sp³-hybridized carbons (Fsp3) is 0.444. The number of anilines is 1. The van der Waals surface area contributed by atoms with Crippen molar-refractivity contribution in [1.82, 2.24) is 15.5 Å². The summed E-state index contributed by atoms with van der Waals surface area (Å²) in [5, 5.41) is 5.30. The zero-order valence-electron chi connectivity index (χ0n) is 14.6. The van der Waals surface area contributed by atoms with Crippen LogP contribution < -0.4 is 15.5 Å². The first-order chi connectivity index (χ1) is 13.4. The van der Waals surface area contributed by atoms with E-state index in [4.69, 9.17) is 0 Å². The van der Waals surface area contributed by atoms with Crippen molar-refractivity contribution in [1.29, 1.82) is 0 Å². The summed E-state index contributed by atoms with van der Waals surface area (Å²) in [4.78, 5) is 51.2. The van der Waals surface area contributed by atoms with Crippen molar-refractivity contribution in [3.05, 3.63) is 28.8 Å². The van der Waals surface area contributed by atoms with E-state index in [-0.39, 0.29) is 30.6 Å². The van der Waals surface area contributed by atoms with Gasteiger partial charge in [-0.25, -0.2) is 8.78 Å². The van der Waals surface area contributed by atoms with E-state index in [1.165, 1.54) is 0 Å². The highest BCUT2D eigenvalue weighted by atomic mass is 19.1. The van der Waals surface area contributed by atoms with Gasteiger partial charge in [-0.15, -0.1) is 0 Å². The largest absolute Gasteiger partial charge is 0.361 e. The van der Waals surface area contributed by atoms with Crippen LogP contribution in [0.25, 0.3) is 0 Å². The molecule has 28 heavy (non-hydrogen) atoms. The lowest BCUT2D eigenvalue weighted by Gasteiger charge is -2.30. The standard InChI is InChI=1S/C18H16F2N4O4/c19-10-4-9-13(14(20)15(10)23-6-7-3-8(23)5-21-7)18(28)24(17(9)27)11-1-2-12(25)22-16(11)26/h4,7-8,11,21H,1-3,5-6H2,(H,22,25,26). The van der Waals surface area contributed by atoms with Crippen molar-refractivity contribution in [2.45, 2.75) is 37.4 Å². The second kappa shape index (κ2) is 5.81. The number of imide groups is 2. The van der Waals surface area contributed by atoms with Gasteiger partial charge >= 0.3 is 0 Å². The van der Waals surface area contributed by atoms with Crippen LogP contribution in [0.1, 0.15) is 40.0 Å². The smallest absolute Gasteiger partial charge is 0.265 e. The highest BCUT2D eigenvalue weighted by Crippen LogP contribution is 2.39. The van der Waals surface area contributed by atoms with Gasteiger partial charge in [0.2, 0.25) is 11.8 Å². The molecule has 146 valence electrons. The first-order valence-corrected chi connectivity index (χ1v) is 9.10. The number of benzene rings is 1. The third-order valence-corrected chi connectivity index (χ3v) is 5.94. The van der Waals surface area contributed by atoms with Crippen LogP contribution in [0.15, 0.2) is 6.07 Å². The molecule has 3 fully saturated rings. The van der Waals surface area contributed by atoms with Crippen LogP contribution >= 0.6 is 0 Å². The number of piperazine rings is 1. The Morgan fingerprint density at radius 1 is 1.11 bits per heavy atom. The van der Waals surface area contributed by atoms with E-state index in [9.17, 15) is 23.6 Å². The third kappa shape index (κ3) is 2.24. The zero-order chi connectivity index (χ0) is 19.7. The molecule has 0 aliphatic carbocycles. The molecule has 3 atom stereocenters. The number of nitrogens with one attached hydrogen (secondary N) is 2. The normalized spacial score (nSPS) is 29.0. The van der Waals surface area contributed by atoms with Crippen molar-refractivity contribution >= 4 is 29.3 Å².